The Labute approximate surface area is 86.0 Å². The van der Waals surface area contributed by atoms with Gasteiger partial charge in [0.1, 0.15) is 0 Å². The van der Waals surface area contributed by atoms with Crippen molar-refractivity contribution >= 4 is 7.32 Å². The Balaban J connectivity index is -0.0000000150. The first kappa shape index (κ1) is 23.1. The maximum absolute atomic E-state index is 8.64. The van der Waals surface area contributed by atoms with Crippen LogP contribution in [0.4, 0.5) is 0 Å². The van der Waals surface area contributed by atoms with E-state index in [0.717, 1.165) is 0 Å². The Morgan fingerprint density at radius 3 is 1.14 bits per heavy atom. The molecule has 0 bridgehead atoms. The molecule has 0 aliphatic carbocycles. The Morgan fingerprint density at radius 2 is 1.14 bits per heavy atom. The van der Waals surface area contributed by atoms with Crippen molar-refractivity contribution < 1.29 is 79.7 Å². The molecular formula is H3BNa2O4. The Kier molecular flexibility index (Phi) is 51.8. The topological polar surface area (TPSA) is 93.5 Å². The summed E-state index contributed by atoms with van der Waals surface area (Å²) in [6.45, 7) is 0. The van der Waals surface area contributed by atoms with Gasteiger partial charge in [-0.05, 0) is 0 Å². The van der Waals surface area contributed by atoms with Crippen LogP contribution >= 0.6 is 0 Å². The van der Waals surface area contributed by atoms with Crippen LogP contribution in [0.2, 0.25) is 0 Å². The number of hydrogen-bond acceptors (Lipinski definition) is 4. The first-order valence-electron chi connectivity index (χ1n) is 0.752. The first-order valence-corrected chi connectivity index (χ1v) is 0.752. The van der Waals surface area contributed by atoms with E-state index in [-0.39, 0.29) is 64.6 Å². The Hall–Kier alpha value is 1.90. The van der Waals surface area contributed by atoms with Crippen LogP contribution in [0.3, 0.4) is 0 Å². The molecule has 4 nitrogen and oxygen atoms in total. The zero-order valence-corrected chi connectivity index (χ0v) is 8.33. The van der Waals surface area contributed by atoms with Crippen molar-refractivity contribution in [2.45, 2.75) is 0 Å². The molecule has 0 aliphatic rings. The first-order chi connectivity index (χ1) is 1.73. The summed E-state index contributed by atoms with van der Waals surface area (Å²) in [6, 6.07) is 0. The van der Waals surface area contributed by atoms with Gasteiger partial charge in [-0.15, -0.1) is 0 Å². The molecule has 0 saturated carbocycles. The average Bonchev–Trinajstić information content (AvgIpc) is 0.811. The van der Waals surface area contributed by atoms with E-state index in [0.29, 0.717) is 0 Å². The minimum absolute atomic E-state index is 0. The summed E-state index contributed by atoms with van der Waals surface area (Å²) in [5.74, 6) is 0. The summed E-state index contributed by atoms with van der Waals surface area (Å²) < 4.78 is 0. The van der Waals surface area contributed by atoms with Gasteiger partial charge in [-0.3, -0.25) is 0 Å². The molecular weight excluding hydrogens is 121 g/mol. The molecule has 0 fully saturated rings. The number of hydrogen-bond donors (Lipinski definition) is 2. The molecule has 0 aromatic heterocycles. The van der Waals surface area contributed by atoms with E-state index in [2.05, 4.69) is 0 Å². The monoisotopic (exact) mass is 124 g/mol. The fourth-order valence-electron chi connectivity index (χ4n) is 0. The van der Waals surface area contributed by atoms with E-state index in [1.165, 1.54) is 0 Å². The standard InChI is InChI=1S/BH2O3.2Na.H2O/c2-1(3)4;;;/h2-3H;;;1H2/q-1;2*+1;/p-1. The molecule has 0 aromatic rings. The Bertz CT molecular complexity index is 14.4. The Morgan fingerprint density at radius 1 is 1.14 bits per heavy atom. The van der Waals surface area contributed by atoms with Crippen LogP contribution in [0, 0.1) is 0 Å². The van der Waals surface area contributed by atoms with Crippen molar-refractivity contribution in [2.75, 3.05) is 0 Å². The van der Waals surface area contributed by atoms with Gasteiger partial charge in [0.05, 0.1) is 0 Å². The van der Waals surface area contributed by atoms with Gasteiger partial charge in [0.25, 0.3) is 0 Å². The molecule has 0 saturated heterocycles. The van der Waals surface area contributed by atoms with Gasteiger partial charge in [-0.2, -0.15) is 0 Å². The van der Waals surface area contributed by atoms with Gasteiger partial charge >= 0.3 is 66.4 Å². The molecule has 0 rings (SSSR count). The number of rotatable bonds is 0. The third-order valence-electron chi connectivity index (χ3n) is 0. The summed E-state index contributed by atoms with van der Waals surface area (Å²) in [7, 11) is -2.42. The minimum atomic E-state index is -2.42. The van der Waals surface area contributed by atoms with Crippen molar-refractivity contribution in [3.8, 4) is 0 Å². The fraction of sp³-hybridized carbons (Fsp3) is 0. The van der Waals surface area contributed by atoms with Gasteiger partial charge in [0.15, 0.2) is 0 Å². The van der Waals surface area contributed by atoms with Crippen molar-refractivity contribution in [3.05, 3.63) is 0 Å². The molecule has 3 N–H and O–H groups in total. The second kappa shape index (κ2) is 15.7. The van der Waals surface area contributed by atoms with Gasteiger partial charge in [0.2, 0.25) is 0 Å². The van der Waals surface area contributed by atoms with Crippen LogP contribution in [-0.2, 0) is 0 Å². The normalized spacial score (nSPS) is 3.86. The van der Waals surface area contributed by atoms with Crippen LogP contribution < -0.4 is 64.1 Å². The molecule has 0 unspecified atom stereocenters. The largest absolute Gasteiger partial charge is 1.00 e. The third-order valence-corrected chi connectivity index (χ3v) is 0. The van der Waals surface area contributed by atoms with Crippen LogP contribution in [0.15, 0.2) is 0 Å². The zero-order chi connectivity index (χ0) is 3.58. The summed E-state index contributed by atoms with van der Waals surface area (Å²) in [5, 5.41) is 22.8. The quantitative estimate of drug-likeness (QED) is 0.313. The van der Waals surface area contributed by atoms with Crippen LogP contribution in [-0.4, -0.2) is 22.8 Å². The van der Waals surface area contributed by atoms with Gasteiger partial charge in [-0.25, -0.2) is 0 Å². The van der Waals surface area contributed by atoms with Gasteiger partial charge in [-0.1, -0.05) is 0 Å². The van der Waals surface area contributed by atoms with E-state index in [1.807, 2.05) is 0 Å². The second-order valence-corrected chi connectivity index (χ2v) is 0.326. The molecule has 0 aliphatic heterocycles. The van der Waals surface area contributed by atoms with E-state index in [1.54, 1.807) is 0 Å². The van der Waals surface area contributed by atoms with Gasteiger partial charge in [0, 0.05) is 0 Å². The zero-order valence-electron chi connectivity index (χ0n) is 4.33. The minimum Gasteiger partial charge on any atom is -0.870 e. The van der Waals surface area contributed by atoms with E-state index in [9.17, 15) is 0 Å². The predicted octanol–water partition coefficient (Wildman–Crippen LogP) is -8.85. The van der Waals surface area contributed by atoms with Crippen LogP contribution in [0.25, 0.3) is 0 Å². The van der Waals surface area contributed by atoms with Crippen LogP contribution in [0.1, 0.15) is 0 Å². The maximum atomic E-state index is 8.64. The molecule has 0 spiro atoms. The summed E-state index contributed by atoms with van der Waals surface area (Å²) >= 11 is 0. The van der Waals surface area contributed by atoms with E-state index in [4.69, 9.17) is 15.1 Å². The molecule has 7 heavy (non-hydrogen) atoms. The van der Waals surface area contributed by atoms with E-state index < -0.39 is 7.32 Å². The SMILES string of the molecule is [Na+].[Na+].[O-]B(O)O.[OH-]. The summed E-state index contributed by atoms with van der Waals surface area (Å²) in [6.07, 6.45) is 0. The average molecular weight is 124 g/mol. The summed E-state index contributed by atoms with van der Waals surface area (Å²) in [5.41, 5.74) is 0. The smallest absolute Gasteiger partial charge is 0.870 e. The molecule has 7 heteroatoms. The van der Waals surface area contributed by atoms with Crippen molar-refractivity contribution in [2.24, 2.45) is 0 Å². The summed E-state index contributed by atoms with van der Waals surface area (Å²) in [4.78, 5) is 0. The molecule has 32 valence electrons. The van der Waals surface area contributed by atoms with Crippen LogP contribution in [0.5, 0.6) is 0 Å². The maximum Gasteiger partial charge on any atom is 1.00 e. The molecule has 0 radical (unpaired) electrons. The third kappa shape index (κ3) is 76.0. The molecule has 0 atom stereocenters. The predicted molar refractivity (Wildman–Crippen MR) is 12.1 cm³/mol. The second-order valence-electron chi connectivity index (χ2n) is 0.326. The van der Waals surface area contributed by atoms with Gasteiger partial charge < -0.3 is 20.5 Å². The fourth-order valence-corrected chi connectivity index (χ4v) is 0. The molecule has 0 heterocycles. The van der Waals surface area contributed by atoms with Crippen molar-refractivity contribution in [3.63, 3.8) is 0 Å². The molecule has 0 amide bonds. The van der Waals surface area contributed by atoms with E-state index >= 15 is 0 Å². The van der Waals surface area contributed by atoms with Crippen molar-refractivity contribution in [1.82, 2.24) is 0 Å². The molecule has 0 aromatic carbocycles. The van der Waals surface area contributed by atoms with Crippen molar-refractivity contribution in [1.29, 1.82) is 0 Å².